The third-order valence-electron chi connectivity index (χ3n) is 2.96. The van der Waals surface area contributed by atoms with E-state index in [0.29, 0.717) is 5.17 Å². The maximum Gasteiger partial charge on any atom is 0.244 e. The minimum Gasteiger partial charge on any atom is -0.355 e. The normalized spacial score (nSPS) is 25.8. The Labute approximate surface area is 110 Å². The fraction of sp³-hybridized carbons (Fsp3) is 0.385. The van der Waals surface area contributed by atoms with Gasteiger partial charge in [0.25, 0.3) is 0 Å². The number of hydrogen-bond acceptors (Lipinski definition) is 2. The van der Waals surface area contributed by atoms with Gasteiger partial charge in [-0.1, -0.05) is 23.9 Å². The number of carbonyl (C=O) groups is 1. The summed E-state index contributed by atoms with van der Waals surface area (Å²) in [6.07, 6.45) is 0.903. The zero-order valence-corrected chi connectivity index (χ0v) is 11.2. The van der Waals surface area contributed by atoms with Crippen LogP contribution in [0.5, 0.6) is 0 Å². The van der Waals surface area contributed by atoms with Gasteiger partial charge >= 0.3 is 0 Å². The molecule has 1 aromatic rings. The second kappa shape index (κ2) is 5.10. The van der Waals surface area contributed by atoms with Crippen LogP contribution in [0.4, 0.5) is 4.39 Å². The zero-order valence-electron chi connectivity index (χ0n) is 10.4. The minimum atomic E-state index is -0.298. The third kappa shape index (κ3) is 2.90. The number of rotatable bonds is 1. The summed E-state index contributed by atoms with van der Waals surface area (Å²) >= 11 is 1.54. The van der Waals surface area contributed by atoms with Gasteiger partial charge in [-0.25, -0.2) is 4.39 Å². The van der Waals surface area contributed by atoms with Crippen LogP contribution in [0.3, 0.4) is 0 Å². The maximum atomic E-state index is 12.9. The number of amidine groups is 1. The van der Waals surface area contributed by atoms with Gasteiger partial charge in [0, 0.05) is 12.7 Å². The number of amides is 1. The van der Waals surface area contributed by atoms with Crippen LogP contribution < -0.4 is 5.32 Å². The Morgan fingerprint density at radius 2 is 2.11 bits per heavy atom. The molecule has 0 radical (unpaired) electrons. The number of thioether (sulfide) groups is 1. The molecule has 0 spiro atoms. The number of nitrogens with zero attached hydrogens (tertiary/aromatic N) is 1. The van der Waals surface area contributed by atoms with Gasteiger partial charge in [0.2, 0.25) is 5.91 Å². The Morgan fingerprint density at radius 1 is 1.44 bits per heavy atom. The molecule has 2 rings (SSSR count). The molecular weight excluding hydrogens is 251 g/mol. The molecule has 1 N–H and O–H groups in total. The first-order valence-electron chi connectivity index (χ1n) is 5.76. The summed E-state index contributed by atoms with van der Waals surface area (Å²) in [6.45, 7) is 3.47. The first-order chi connectivity index (χ1) is 8.49. The van der Waals surface area contributed by atoms with Gasteiger partial charge < -0.3 is 5.32 Å². The fourth-order valence-corrected chi connectivity index (χ4v) is 3.12. The van der Waals surface area contributed by atoms with Crippen molar-refractivity contribution in [1.29, 1.82) is 0 Å². The minimum absolute atomic E-state index is 0.214. The molecular formula is C13H15FN2OS. The SMILES string of the molecule is CC(=O)/N=C1\NC(C)(c2ccc(F)cc2)CCS1. The van der Waals surface area contributed by atoms with E-state index in [1.165, 1.54) is 30.8 Å². The van der Waals surface area contributed by atoms with Crippen molar-refractivity contribution in [2.24, 2.45) is 4.99 Å². The predicted octanol–water partition coefficient (Wildman–Crippen LogP) is 2.67. The lowest BCUT2D eigenvalue weighted by molar-refractivity contribution is -0.115. The van der Waals surface area contributed by atoms with E-state index in [2.05, 4.69) is 10.3 Å². The number of carbonyl (C=O) groups excluding carboxylic acids is 1. The quantitative estimate of drug-likeness (QED) is 0.849. The predicted molar refractivity (Wildman–Crippen MR) is 72.1 cm³/mol. The highest BCUT2D eigenvalue weighted by Crippen LogP contribution is 2.31. The molecule has 0 bridgehead atoms. The van der Waals surface area contributed by atoms with E-state index in [0.717, 1.165) is 17.7 Å². The van der Waals surface area contributed by atoms with Crippen LogP contribution in [0.25, 0.3) is 0 Å². The lowest BCUT2D eigenvalue weighted by atomic mass is 9.89. The van der Waals surface area contributed by atoms with Crippen LogP contribution in [-0.2, 0) is 10.3 Å². The monoisotopic (exact) mass is 266 g/mol. The van der Waals surface area contributed by atoms with Gasteiger partial charge in [-0.2, -0.15) is 4.99 Å². The summed E-state index contributed by atoms with van der Waals surface area (Å²) in [6, 6.07) is 6.44. The molecule has 0 aromatic heterocycles. The lowest BCUT2D eigenvalue weighted by Crippen LogP contribution is -2.46. The van der Waals surface area contributed by atoms with E-state index >= 15 is 0 Å². The molecule has 1 aromatic carbocycles. The van der Waals surface area contributed by atoms with Crippen molar-refractivity contribution in [3.8, 4) is 0 Å². The molecule has 1 fully saturated rings. The summed E-state index contributed by atoms with van der Waals surface area (Å²) < 4.78 is 12.9. The van der Waals surface area contributed by atoms with Crippen LogP contribution >= 0.6 is 11.8 Å². The number of hydrogen-bond donors (Lipinski definition) is 1. The van der Waals surface area contributed by atoms with Crippen LogP contribution in [0, 0.1) is 5.82 Å². The molecule has 1 amide bonds. The lowest BCUT2D eigenvalue weighted by Gasteiger charge is -2.36. The van der Waals surface area contributed by atoms with Gasteiger partial charge in [0.05, 0.1) is 5.54 Å². The van der Waals surface area contributed by atoms with Crippen LogP contribution in [0.2, 0.25) is 0 Å². The van der Waals surface area contributed by atoms with Crippen molar-refractivity contribution < 1.29 is 9.18 Å². The molecule has 96 valence electrons. The van der Waals surface area contributed by atoms with Gasteiger partial charge in [0.15, 0.2) is 5.17 Å². The maximum absolute atomic E-state index is 12.9. The Balaban J connectivity index is 2.25. The molecule has 1 atom stereocenters. The molecule has 1 saturated heterocycles. The molecule has 1 unspecified atom stereocenters. The van der Waals surface area contributed by atoms with Crippen LogP contribution in [0.15, 0.2) is 29.3 Å². The summed E-state index contributed by atoms with van der Waals surface area (Å²) in [7, 11) is 0. The van der Waals surface area contributed by atoms with E-state index in [9.17, 15) is 9.18 Å². The second-order valence-electron chi connectivity index (χ2n) is 4.50. The standard InChI is InChI=1S/C13H15FN2OS/c1-9(17)15-12-16-13(2,7-8-18-12)10-3-5-11(14)6-4-10/h3-6H,7-8H2,1-2H3,(H,15,16,17). The number of aliphatic imine (C=N–C) groups is 1. The smallest absolute Gasteiger partial charge is 0.244 e. The van der Waals surface area contributed by atoms with E-state index in [1.54, 1.807) is 12.1 Å². The molecule has 18 heavy (non-hydrogen) atoms. The Kier molecular flexibility index (Phi) is 3.71. The highest BCUT2D eigenvalue weighted by atomic mass is 32.2. The topological polar surface area (TPSA) is 41.5 Å². The van der Waals surface area contributed by atoms with Crippen LogP contribution in [-0.4, -0.2) is 16.8 Å². The molecule has 0 saturated carbocycles. The van der Waals surface area contributed by atoms with E-state index in [4.69, 9.17) is 0 Å². The largest absolute Gasteiger partial charge is 0.355 e. The molecule has 0 aliphatic carbocycles. The van der Waals surface area contributed by atoms with Gasteiger partial charge in [-0.3, -0.25) is 4.79 Å². The van der Waals surface area contributed by atoms with E-state index in [1.807, 2.05) is 6.92 Å². The Hall–Kier alpha value is -1.36. The van der Waals surface area contributed by atoms with Gasteiger partial charge in [-0.15, -0.1) is 0 Å². The highest BCUT2D eigenvalue weighted by molar-refractivity contribution is 8.13. The molecule has 1 aliphatic heterocycles. The highest BCUT2D eigenvalue weighted by Gasteiger charge is 2.31. The third-order valence-corrected chi connectivity index (χ3v) is 3.84. The zero-order chi connectivity index (χ0) is 13.2. The average molecular weight is 266 g/mol. The van der Waals surface area contributed by atoms with Crippen molar-refractivity contribution in [3.63, 3.8) is 0 Å². The van der Waals surface area contributed by atoms with Crippen molar-refractivity contribution in [2.45, 2.75) is 25.8 Å². The fourth-order valence-electron chi connectivity index (χ4n) is 1.92. The average Bonchev–Trinajstić information content (AvgIpc) is 2.28. The molecule has 3 nitrogen and oxygen atoms in total. The number of benzene rings is 1. The Morgan fingerprint density at radius 3 is 2.72 bits per heavy atom. The van der Waals surface area contributed by atoms with E-state index < -0.39 is 0 Å². The van der Waals surface area contributed by atoms with Crippen molar-refractivity contribution >= 4 is 22.8 Å². The molecule has 1 heterocycles. The molecule has 1 aliphatic rings. The van der Waals surface area contributed by atoms with Crippen molar-refractivity contribution in [1.82, 2.24) is 5.32 Å². The van der Waals surface area contributed by atoms with Gasteiger partial charge in [0.1, 0.15) is 5.82 Å². The van der Waals surface area contributed by atoms with Crippen molar-refractivity contribution in [2.75, 3.05) is 5.75 Å². The summed E-state index contributed by atoms with van der Waals surface area (Å²) in [5.74, 6) is 0.422. The summed E-state index contributed by atoms with van der Waals surface area (Å²) in [5.41, 5.74) is 0.702. The first kappa shape index (κ1) is 13.1. The van der Waals surface area contributed by atoms with Gasteiger partial charge in [-0.05, 0) is 31.0 Å². The number of halogens is 1. The molecule has 5 heteroatoms. The van der Waals surface area contributed by atoms with E-state index in [-0.39, 0.29) is 17.3 Å². The summed E-state index contributed by atoms with van der Waals surface area (Å²) in [5, 5.41) is 3.91. The Bertz CT molecular complexity index is 486. The van der Waals surface area contributed by atoms with Crippen LogP contribution in [0.1, 0.15) is 25.8 Å². The number of nitrogens with one attached hydrogen (secondary N) is 1. The summed E-state index contributed by atoms with van der Waals surface area (Å²) in [4.78, 5) is 14.9. The second-order valence-corrected chi connectivity index (χ2v) is 5.58. The first-order valence-corrected chi connectivity index (χ1v) is 6.74. The van der Waals surface area contributed by atoms with Crippen molar-refractivity contribution in [3.05, 3.63) is 35.6 Å².